The Hall–Kier alpha value is -2.60. The summed E-state index contributed by atoms with van der Waals surface area (Å²) in [4.78, 5) is 25.0. The average Bonchev–Trinajstić information content (AvgIpc) is 3.00. The van der Waals surface area contributed by atoms with E-state index in [-0.39, 0.29) is 17.3 Å². The van der Waals surface area contributed by atoms with Gasteiger partial charge >= 0.3 is 5.97 Å². The molecule has 0 aliphatic carbocycles. The van der Waals surface area contributed by atoms with Crippen molar-refractivity contribution in [3.8, 4) is 11.5 Å². The molecule has 0 N–H and O–H groups in total. The maximum Gasteiger partial charge on any atom is 0.344 e. The summed E-state index contributed by atoms with van der Waals surface area (Å²) in [5, 5.41) is 0.710. The van der Waals surface area contributed by atoms with Gasteiger partial charge in [-0.1, -0.05) is 47.5 Å². The summed E-state index contributed by atoms with van der Waals surface area (Å²) in [5.74, 6) is -0.141. The van der Waals surface area contributed by atoms with E-state index in [9.17, 15) is 9.59 Å². The number of ketones is 1. The SMILES string of the molecule is O=C(Oc1ccc2c(c1)O/C(=C\c1cccc(Cl)c1Cl)C2=O)c1ccccc1Br. The highest BCUT2D eigenvalue weighted by atomic mass is 79.9. The van der Waals surface area contributed by atoms with Gasteiger partial charge in [0.15, 0.2) is 5.76 Å². The molecule has 0 unspecified atom stereocenters. The molecule has 144 valence electrons. The number of allylic oxidation sites excluding steroid dienone is 1. The zero-order valence-corrected chi connectivity index (χ0v) is 17.7. The van der Waals surface area contributed by atoms with Crippen LogP contribution in [-0.2, 0) is 0 Å². The third-order valence-corrected chi connectivity index (χ3v) is 5.74. The van der Waals surface area contributed by atoms with Crippen LogP contribution in [0.4, 0.5) is 0 Å². The highest BCUT2D eigenvalue weighted by Crippen LogP contribution is 2.36. The third kappa shape index (κ3) is 3.94. The Morgan fingerprint density at radius 3 is 2.62 bits per heavy atom. The van der Waals surface area contributed by atoms with Crippen LogP contribution in [0, 0.1) is 0 Å². The molecule has 4 rings (SSSR count). The van der Waals surface area contributed by atoms with Gasteiger partial charge in [0.25, 0.3) is 0 Å². The van der Waals surface area contributed by atoms with Gasteiger partial charge in [0, 0.05) is 10.5 Å². The molecule has 0 spiro atoms. The van der Waals surface area contributed by atoms with Gasteiger partial charge in [-0.2, -0.15) is 0 Å². The number of halogens is 3. The molecule has 0 fully saturated rings. The van der Waals surface area contributed by atoms with Crippen molar-refractivity contribution >= 4 is 57.0 Å². The van der Waals surface area contributed by atoms with Crippen molar-refractivity contribution in [2.45, 2.75) is 0 Å². The Bertz CT molecular complexity index is 1190. The Morgan fingerprint density at radius 1 is 1.03 bits per heavy atom. The molecule has 3 aromatic carbocycles. The van der Waals surface area contributed by atoms with Crippen LogP contribution in [-0.4, -0.2) is 11.8 Å². The summed E-state index contributed by atoms with van der Waals surface area (Å²) in [7, 11) is 0. The molecule has 1 aliphatic heterocycles. The standard InChI is InChI=1S/C22H11BrCl2O4/c23-16-6-2-1-5-14(16)22(27)28-13-8-9-15-18(11-13)29-19(21(15)26)10-12-4-3-7-17(24)20(12)25/h1-11H/b19-10-. The zero-order valence-electron chi connectivity index (χ0n) is 14.6. The second-order valence-corrected chi connectivity index (χ2v) is 7.75. The monoisotopic (exact) mass is 488 g/mol. The molecule has 7 heteroatoms. The number of fused-ring (bicyclic) bond motifs is 1. The minimum Gasteiger partial charge on any atom is -0.452 e. The Morgan fingerprint density at radius 2 is 1.83 bits per heavy atom. The van der Waals surface area contributed by atoms with Gasteiger partial charge in [-0.3, -0.25) is 4.79 Å². The van der Waals surface area contributed by atoms with Crippen molar-refractivity contribution in [3.05, 3.63) is 97.6 Å². The fourth-order valence-corrected chi connectivity index (χ4v) is 3.60. The molecular weight excluding hydrogens is 479 g/mol. The van der Waals surface area contributed by atoms with Crippen molar-refractivity contribution < 1.29 is 19.1 Å². The van der Waals surface area contributed by atoms with Crippen LogP contribution in [0.2, 0.25) is 10.0 Å². The van der Waals surface area contributed by atoms with E-state index in [4.69, 9.17) is 32.7 Å². The van der Waals surface area contributed by atoms with Gasteiger partial charge < -0.3 is 9.47 Å². The van der Waals surface area contributed by atoms with Crippen molar-refractivity contribution in [1.29, 1.82) is 0 Å². The van der Waals surface area contributed by atoms with Gasteiger partial charge in [-0.15, -0.1) is 0 Å². The molecule has 1 heterocycles. The first-order valence-corrected chi connectivity index (χ1v) is 9.98. The van der Waals surface area contributed by atoms with Gasteiger partial charge in [0.1, 0.15) is 11.5 Å². The second kappa shape index (κ2) is 8.03. The van der Waals surface area contributed by atoms with Gasteiger partial charge in [-0.25, -0.2) is 4.79 Å². The van der Waals surface area contributed by atoms with E-state index < -0.39 is 5.97 Å². The smallest absolute Gasteiger partial charge is 0.344 e. The maximum atomic E-state index is 12.6. The highest BCUT2D eigenvalue weighted by Gasteiger charge is 2.28. The van der Waals surface area contributed by atoms with Crippen LogP contribution in [0.5, 0.6) is 11.5 Å². The molecule has 0 radical (unpaired) electrons. The highest BCUT2D eigenvalue weighted by molar-refractivity contribution is 9.10. The summed E-state index contributed by atoms with van der Waals surface area (Å²) in [6, 6.07) is 16.7. The minimum absolute atomic E-state index is 0.110. The van der Waals surface area contributed by atoms with Crippen LogP contribution >= 0.6 is 39.1 Å². The first-order chi connectivity index (χ1) is 13.9. The Labute approximate surface area is 184 Å². The first kappa shape index (κ1) is 19.7. The predicted octanol–water partition coefficient (Wildman–Crippen LogP) is 6.59. The number of esters is 1. The lowest BCUT2D eigenvalue weighted by atomic mass is 10.1. The summed E-state index contributed by atoms with van der Waals surface area (Å²) in [5.41, 5.74) is 1.33. The summed E-state index contributed by atoms with van der Waals surface area (Å²) < 4.78 is 11.7. The Kier molecular flexibility index (Phi) is 5.46. The number of ether oxygens (including phenoxy) is 2. The summed E-state index contributed by atoms with van der Waals surface area (Å²) >= 11 is 15.5. The van der Waals surface area contributed by atoms with E-state index in [1.165, 1.54) is 12.1 Å². The van der Waals surface area contributed by atoms with Gasteiger partial charge in [0.2, 0.25) is 5.78 Å². The molecule has 0 atom stereocenters. The van der Waals surface area contributed by atoms with Crippen molar-refractivity contribution in [2.75, 3.05) is 0 Å². The van der Waals surface area contributed by atoms with E-state index in [2.05, 4.69) is 15.9 Å². The Balaban J connectivity index is 1.59. The number of rotatable bonds is 3. The molecule has 3 aromatic rings. The van der Waals surface area contributed by atoms with Crippen molar-refractivity contribution in [3.63, 3.8) is 0 Å². The lowest BCUT2D eigenvalue weighted by molar-refractivity contribution is 0.0733. The number of hydrogen-bond donors (Lipinski definition) is 0. The number of carbonyl (C=O) groups is 2. The fourth-order valence-electron chi connectivity index (χ4n) is 2.79. The van der Waals surface area contributed by atoms with Crippen LogP contribution in [0.1, 0.15) is 26.3 Å². The van der Waals surface area contributed by atoms with Crippen LogP contribution in [0.3, 0.4) is 0 Å². The summed E-state index contributed by atoms with van der Waals surface area (Å²) in [6.45, 7) is 0. The average molecular weight is 490 g/mol. The quantitative estimate of drug-likeness (QED) is 0.236. The molecule has 1 aliphatic rings. The molecule has 0 amide bonds. The number of benzene rings is 3. The van der Waals surface area contributed by atoms with Crippen molar-refractivity contribution in [2.24, 2.45) is 0 Å². The zero-order chi connectivity index (χ0) is 20.5. The van der Waals surface area contributed by atoms with Crippen molar-refractivity contribution in [1.82, 2.24) is 0 Å². The number of hydrogen-bond acceptors (Lipinski definition) is 4. The third-order valence-electron chi connectivity index (χ3n) is 4.21. The maximum absolute atomic E-state index is 12.6. The number of Topliss-reactive ketones (excluding diaryl/α,β-unsaturated/α-hetero) is 1. The van der Waals surface area contributed by atoms with Gasteiger partial charge in [0.05, 0.1) is 21.2 Å². The molecule has 29 heavy (non-hydrogen) atoms. The summed E-state index contributed by atoms with van der Waals surface area (Å²) in [6.07, 6.45) is 1.53. The van der Waals surface area contributed by atoms with E-state index in [1.807, 2.05) is 0 Å². The lowest BCUT2D eigenvalue weighted by Crippen LogP contribution is -2.09. The molecule has 0 saturated carbocycles. The first-order valence-electron chi connectivity index (χ1n) is 8.43. The van der Waals surface area contributed by atoms with Crippen LogP contribution in [0.15, 0.2) is 70.9 Å². The largest absolute Gasteiger partial charge is 0.452 e. The molecule has 4 nitrogen and oxygen atoms in total. The normalized spacial score (nSPS) is 13.9. The van der Waals surface area contributed by atoms with E-state index in [1.54, 1.807) is 54.6 Å². The number of carbonyl (C=O) groups excluding carboxylic acids is 2. The topological polar surface area (TPSA) is 52.6 Å². The lowest BCUT2D eigenvalue weighted by Gasteiger charge is -2.07. The molecule has 0 bridgehead atoms. The molecule has 0 aromatic heterocycles. The van der Waals surface area contributed by atoms with E-state index in [0.717, 1.165) is 0 Å². The molecule has 0 saturated heterocycles. The second-order valence-electron chi connectivity index (χ2n) is 6.11. The van der Waals surface area contributed by atoms with Crippen LogP contribution in [0.25, 0.3) is 6.08 Å². The van der Waals surface area contributed by atoms with E-state index in [0.29, 0.717) is 37.0 Å². The van der Waals surface area contributed by atoms with Crippen LogP contribution < -0.4 is 9.47 Å². The van der Waals surface area contributed by atoms with Gasteiger partial charge in [-0.05, 0) is 57.9 Å². The van der Waals surface area contributed by atoms with E-state index >= 15 is 0 Å². The molecular formula is C22H11BrCl2O4. The fraction of sp³-hybridized carbons (Fsp3) is 0. The predicted molar refractivity (Wildman–Crippen MR) is 115 cm³/mol. The minimum atomic E-state index is -0.525.